The van der Waals surface area contributed by atoms with Gasteiger partial charge in [0.2, 0.25) is 5.91 Å². The van der Waals surface area contributed by atoms with E-state index >= 15 is 0 Å². The quantitative estimate of drug-likeness (QED) is 0.640. The summed E-state index contributed by atoms with van der Waals surface area (Å²) in [6.45, 7) is 4.85. The molecule has 2 aliphatic heterocycles. The smallest absolute Gasteiger partial charge is 0.255 e. The SMILES string of the molecule is C=C1CCC(N2Cc3cc(NCc4ccc5ccccc5c4OC)ccc3C2=O)C(=O)N1. The molecule has 2 N–H and O–H groups in total. The van der Waals surface area contributed by atoms with Crippen LogP contribution in [0.25, 0.3) is 10.8 Å². The number of nitrogens with zero attached hydrogens (tertiary/aromatic N) is 1. The molecule has 1 unspecified atom stereocenters. The number of nitrogens with one attached hydrogen (secondary N) is 2. The number of hydrogen-bond acceptors (Lipinski definition) is 4. The van der Waals surface area contributed by atoms with Crippen molar-refractivity contribution in [3.05, 3.63) is 83.6 Å². The maximum atomic E-state index is 12.9. The second-order valence-corrected chi connectivity index (χ2v) is 8.28. The van der Waals surface area contributed by atoms with Crippen LogP contribution in [0.2, 0.25) is 0 Å². The predicted octanol–water partition coefficient (Wildman–Crippen LogP) is 4.21. The standard InChI is InChI=1S/C26H25N3O3/c1-16-7-12-23(25(30)28-16)29-15-19-13-20(10-11-22(19)26(29)31)27-14-18-9-8-17-5-3-4-6-21(17)24(18)32-2/h3-6,8-11,13,23,27H,1,7,12,14-15H2,2H3,(H,28,30). The molecule has 2 aliphatic rings. The number of allylic oxidation sites excluding steroid dienone is 1. The molecule has 0 aromatic heterocycles. The van der Waals surface area contributed by atoms with Gasteiger partial charge >= 0.3 is 0 Å². The van der Waals surface area contributed by atoms with Gasteiger partial charge in [-0.3, -0.25) is 9.59 Å². The van der Waals surface area contributed by atoms with E-state index in [0.29, 0.717) is 37.2 Å². The zero-order valence-corrected chi connectivity index (χ0v) is 18.0. The fourth-order valence-corrected chi connectivity index (χ4v) is 4.63. The van der Waals surface area contributed by atoms with Crippen LogP contribution < -0.4 is 15.4 Å². The zero-order chi connectivity index (χ0) is 22.2. The molecule has 2 amide bonds. The largest absolute Gasteiger partial charge is 0.496 e. The third-order valence-corrected chi connectivity index (χ3v) is 6.28. The van der Waals surface area contributed by atoms with Crippen molar-refractivity contribution in [3.8, 4) is 5.75 Å². The van der Waals surface area contributed by atoms with E-state index < -0.39 is 6.04 Å². The topological polar surface area (TPSA) is 70.7 Å². The van der Waals surface area contributed by atoms with E-state index in [9.17, 15) is 9.59 Å². The van der Waals surface area contributed by atoms with Crippen LogP contribution in [0.4, 0.5) is 5.69 Å². The van der Waals surface area contributed by atoms with Gasteiger partial charge < -0.3 is 20.3 Å². The van der Waals surface area contributed by atoms with Crippen molar-refractivity contribution in [2.24, 2.45) is 0 Å². The monoisotopic (exact) mass is 427 g/mol. The van der Waals surface area contributed by atoms with Gasteiger partial charge in [0.15, 0.2) is 0 Å². The second kappa shape index (κ2) is 8.04. The van der Waals surface area contributed by atoms with Crippen LogP contribution in [0.1, 0.15) is 34.3 Å². The number of amides is 2. The molecular weight excluding hydrogens is 402 g/mol. The molecule has 0 spiro atoms. The average Bonchev–Trinajstić information content (AvgIpc) is 3.12. The number of anilines is 1. The summed E-state index contributed by atoms with van der Waals surface area (Å²) in [6.07, 6.45) is 1.30. The van der Waals surface area contributed by atoms with E-state index in [0.717, 1.165) is 33.3 Å². The molecule has 0 saturated carbocycles. The minimum absolute atomic E-state index is 0.0876. The summed E-state index contributed by atoms with van der Waals surface area (Å²) in [4.78, 5) is 27.0. The molecule has 1 fully saturated rings. The number of ether oxygens (including phenoxy) is 1. The number of benzene rings is 3. The maximum absolute atomic E-state index is 12.9. The fourth-order valence-electron chi connectivity index (χ4n) is 4.63. The van der Waals surface area contributed by atoms with Gasteiger partial charge in [0.25, 0.3) is 5.91 Å². The molecule has 5 rings (SSSR count). The number of carbonyl (C=O) groups excluding carboxylic acids is 2. The van der Waals surface area contributed by atoms with Crippen LogP contribution >= 0.6 is 0 Å². The van der Waals surface area contributed by atoms with Gasteiger partial charge in [-0.25, -0.2) is 0 Å². The Kier molecular flexibility index (Phi) is 5.05. The van der Waals surface area contributed by atoms with Crippen molar-refractivity contribution in [2.75, 3.05) is 12.4 Å². The normalized spacial score (nSPS) is 18.0. The van der Waals surface area contributed by atoms with Crippen LogP contribution in [0.5, 0.6) is 5.75 Å². The van der Waals surface area contributed by atoms with E-state index in [4.69, 9.17) is 4.74 Å². The first-order valence-corrected chi connectivity index (χ1v) is 10.8. The van der Waals surface area contributed by atoms with Gasteiger partial charge in [-0.15, -0.1) is 0 Å². The molecule has 162 valence electrons. The van der Waals surface area contributed by atoms with Gasteiger partial charge in [-0.1, -0.05) is 43.0 Å². The van der Waals surface area contributed by atoms with Crippen molar-refractivity contribution in [2.45, 2.75) is 32.0 Å². The van der Waals surface area contributed by atoms with Gasteiger partial charge in [0.05, 0.1) is 7.11 Å². The van der Waals surface area contributed by atoms with Crippen LogP contribution in [-0.2, 0) is 17.9 Å². The molecule has 3 aromatic rings. The Hall–Kier alpha value is -3.80. The van der Waals surface area contributed by atoms with Crippen LogP contribution in [0.3, 0.4) is 0 Å². The fraction of sp³-hybridized carbons (Fsp3) is 0.231. The van der Waals surface area contributed by atoms with Gasteiger partial charge in [0.1, 0.15) is 11.8 Å². The molecule has 1 atom stereocenters. The van der Waals surface area contributed by atoms with E-state index in [1.807, 2.05) is 30.3 Å². The van der Waals surface area contributed by atoms with E-state index in [1.54, 1.807) is 12.0 Å². The highest BCUT2D eigenvalue weighted by atomic mass is 16.5. The number of carbonyl (C=O) groups is 2. The van der Waals surface area contributed by atoms with Crippen LogP contribution in [0, 0.1) is 0 Å². The molecule has 1 saturated heterocycles. The van der Waals surface area contributed by atoms with Crippen LogP contribution in [0.15, 0.2) is 66.9 Å². The number of rotatable bonds is 5. The molecule has 0 bridgehead atoms. The van der Waals surface area contributed by atoms with Crippen molar-refractivity contribution in [3.63, 3.8) is 0 Å². The Labute approximate surface area is 186 Å². The second-order valence-electron chi connectivity index (χ2n) is 8.28. The molecule has 0 aliphatic carbocycles. The van der Waals surface area contributed by atoms with Crippen LogP contribution in [-0.4, -0.2) is 29.9 Å². The molecular formula is C26H25N3O3. The highest BCUT2D eigenvalue weighted by molar-refractivity contribution is 6.01. The summed E-state index contributed by atoms with van der Waals surface area (Å²) >= 11 is 0. The lowest BCUT2D eigenvalue weighted by atomic mass is 10.0. The van der Waals surface area contributed by atoms with E-state index in [-0.39, 0.29) is 11.8 Å². The number of hydrogen-bond donors (Lipinski definition) is 2. The molecule has 3 aromatic carbocycles. The highest BCUT2D eigenvalue weighted by Gasteiger charge is 2.38. The zero-order valence-electron chi connectivity index (χ0n) is 18.0. The Balaban J connectivity index is 1.33. The maximum Gasteiger partial charge on any atom is 0.255 e. The average molecular weight is 428 g/mol. The summed E-state index contributed by atoms with van der Waals surface area (Å²) in [6, 6.07) is 17.6. The van der Waals surface area contributed by atoms with Gasteiger partial charge in [-0.2, -0.15) is 0 Å². The summed E-state index contributed by atoms with van der Waals surface area (Å²) < 4.78 is 5.70. The Morgan fingerprint density at radius 2 is 2.00 bits per heavy atom. The number of fused-ring (bicyclic) bond motifs is 2. The summed E-state index contributed by atoms with van der Waals surface area (Å²) in [7, 11) is 1.69. The predicted molar refractivity (Wildman–Crippen MR) is 124 cm³/mol. The molecule has 32 heavy (non-hydrogen) atoms. The minimum atomic E-state index is -0.446. The van der Waals surface area contributed by atoms with Crippen molar-refractivity contribution < 1.29 is 14.3 Å². The highest BCUT2D eigenvalue weighted by Crippen LogP contribution is 2.32. The number of piperidine rings is 1. The lowest BCUT2D eigenvalue weighted by molar-refractivity contribution is -0.126. The first kappa shape index (κ1) is 20.1. The van der Waals surface area contributed by atoms with E-state index in [1.165, 1.54) is 0 Å². The summed E-state index contributed by atoms with van der Waals surface area (Å²) in [5.41, 5.74) is 4.29. The molecule has 0 radical (unpaired) electrons. The summed E-state index contributed by atoms with van der Waals surface area (Å²) in [5, 5.41) is 8.45. The van der Waals surface area contributed by atoms with Gasteiger partial charge in [0, 0.05) is 41.0 Å². The van der Waals surface area contributed by atoms with Crippen molar-refractivity contribution >= 4 is 28.3 Å². The minimum Gasteiger partial charge on any atom is -0.496 e. The third-order valence-electron chi connectivity index (χ3n) is 6.28. The van der Waals surface area contributed by atoms with Gasteiger partial charge in [-0.05, 0) is 42.0 Å². The van der Waals surface area contributed by atoms with E-state index in [2.05, 4.69) is 41.5 Å². The van der Waals surface area contributed by atoms with Crippen molar-refractivity contribution in [1.29, 1.82) is 0 Å². The lowest BCUT2D eigenvalue weighted by Crippen LogP contribution is -2.49. The Bertz CT molecular complexity index is 1250. The first-order chi connectivity index (χ1) is 15.5. The molecule has 6 nitrogen and oxygen atoms in total. The Morgan fingerprint density at radius 1 is 1.16 bits per heavy atom. The molecule has 2 heterocycles. The lowest BCUT2D eigenvalue weighted by Gasteiger charge is -2.30. The Morgan fingerprint density at radius 3 is 2.81 bits per heavy atom. The third kappa shape index (κ3) is 3.47. The number of methoxy groups -OCH3 is 1. The first-order valence-electron chi connectivity index (χ1n) is 10.8. The van der Waals surface area contributed by atoms with Crippen molar-refractivity contribution in [1.82, 2.24) is 10.2 Å². The molecule has 6 heteroatoms. The summed E-state index contributed by atoms with van der Waals surface area (Å²) in [5.74, 6) is 0.627.